The summed E-state index contributed by atoms with van der Waals surface area (Å²) in [5.41, 5.74) is 1.02. The molecule has 0 aliphatic rings. The summed E-state index contributed by atoms with van der Waals surface area (Å²) < 4.78 is 8.81. The van der Waals surface area contributed by atoms with E-state index in [2.05, 4.69) is 4.98 Å². The molecule has 0 saturated carbocycles. The fourth-order valence-electron chi connectivity index (χ4n) is 0.374. The molecule has 0 saturated heterocycles. The van der Waals surface area contributed by atoms with Crippen molar-refractivity contribution in [2.24, 2.45) is 7.05 Å². The Hall–Kier alpha value is -0.790. The monoisotopic (exact) mass is 97.1 g/mol. The SMILES string of the molecule is [2H]c1ncc(C)n1C. The highest BCUT2D eigenvalue weighted by atomic mass is 15.0. The zero-order valence-electron chi connectivity index (χ0n) is 5.47. The molecule has 1 heterocycles. The Morgan fingerprint density at radius 2 is 2.71 bits per heavy atom. The summed E-state index contributed by atoms with van der Waals surface area (Å²) in [5, 5.41) is 0. The summed E-state index contributed by atoms with van der Waals surface area (Å²) in [6, 6.07) is 0. The van der Waals surface area contributed by atoms with Crippen LogP contribution in [-0.4, -0.2) is 9.55 Å². The Labute approximate surface area is 44.2 Å². The van der Waals surface area contributed by atoms with Crippen LogP contribution in [0.4, 0.5) is 0 Å². The molecule has 38 valence electrons. The molecule has 0 bridgehead atoms. The summed E-state index contributed by atoms with van der Waals surface area (Å²) in [6.07, 6.45) is 2.00. The van der Waals surface area contributed by atoms with Crippen molar-refractivity contribution in [1.29, 1.82) is 0 Å². The van der Waals surface area contributed by atoms with E-state index < -0.39 is 0 Å². The average molecular weight is 97.1 g/mol. The number of aromatic nitrogens is 2. The zero-order chi connectivity index (χ0) is 6.15. The molecule has 7 heavy (non-hydrogen) atoms. The Morgan fingerprint density at radius 3 is 2.86 bits per heavy atom. The third kappa shape index (κ3) is 0.633. The standard InChI is InChI=1S/C5H8N2/c1-5-3-6-4-7(5)2/h3-4H,1-2H3/i4D. The van der Waals surface area contributed by atoms with Crippen LogP contribution in [-0.2, 0) is 7.05 Å². The summed E-state index contributed by atoms with van der Waals surface area (Å²) >= 11 is 0. The Balaban J connectivity index is 3.19. The van der Waals surface area contributed by atoms with Crippen molar-refractivity contribution in [3.63, 3.8) is 0 Å². The lowest BCUT2D eigenvalue weighted by molar-refractivity contribution is 0.873. The maximum absolute atomic E-state index is 7.09. The molecule has 0 radical (unpaired) electrons. The first-order valence-corrected chi connectivity index (χ1v) is 2.16. The van der Waals surface area contributed by atoms with Gasteiger partial charge < -0.3 is 4.57 Å². The van der Waals surface area contributed by atoms with Crippen LogP contribution < -0.4 is 0 Å². The minimum Gasteiger partial charge on any atom is -0.338 e. The van der Waals surface area contributed by atoms with E-state index in [1.165, 1.54) is 0 Å². The van der Waals surface area contributed by atoms with Crippen LogP contribution in [0.25, 0.3) is 0 Å². The number of rotatable bonds is 0. The second-order valence-electron chi connectivity index (χ2n) is 1.56. The van der Waals surface area contributed by atoms with Crippen molar-refractivity contribution >= 4 is 0 Å². The van der Waals surface area contributed by atoms with Crippen molar-refractivity contribution in [3.8, 4) is 0 Å². The van der Waals surface area contributed by atoms with E-state index in [1.807, 2.05) is 14.0 Å². The van der Waals surface area contributed by atoms with Gasteiger partial charge in [0.05, 0.1) is 6.30 Å². The smallest absolute Gasteiger partial charge is 0.104 e. The molecule has 0 spiro atoms. The van der Waals surface area contributed by atoms with E-state index in [1.54, 1.807) is 10.8 Å². The van der Waals surface area contributed by atoms with Crippen molar-refractivity contribution in [3.05, 3.63) is 18.2 Å². The van der Waals surface area contributed by atoms with Gasteiger partial charge in [-0.05, 0) is 6.92 Å². The molecule has 1 aromatic heterocycles. The molecule has 0 atom stereocenters. The van der Waals surface area contributed by atoms with Crippen molar-refractivity contribution in [1.82, 2.24) is 9.55 Å². The molecule has 2 heteroatoms. The van der Waals surface area contributed by atoms with Gasteiger partial charge in [-0.3, -0.25) is 0 Å². The van der Waals surface area contributed by atoms with Crippen LogP contribution in [0.2, 0.25) is 0 Å². The topological polar surface area (TPSA) is 17.8 Å². The molecule has 1 rings (SSSR count). The van der Waals surface area contributed by atoms with Crippen LogP contribution in [0.15, 0.2) is 12.5 Å². The fourth-order valence-corrected chi connectivity index (χ4v) is 0.374. The van der Waals surface area contributed by atoms with E-state index in [0.717, 1.165) is 5.69 Å². The Bertz CT molecular complexity index is 173. The first-order chi connectivity index (χ1) is 3.72. The predicted molar refractivity (Wildman–Crippen MR) is 27.9 cm³/mol. The molecule has 0 unspecified atom stereocenters. The van der Waals surface area contributed by atoms with E-state index in [9.17, 15) is 0 Å². The van der Waals surface area contributed by atoms with Crippen LogP contribution in [0.5, 0.6) is 0 Å². The predicted octanol–water partition coefficient (Wildman–Crippen LogP) is 0.729. The quantitative estimate of drug-likeness (QED) is 0.466. The number of hydrogen-bond acceptors (Lipinski definition) is 1. The molecular formula is C5H8N2. The van der Waals surface area contributed by atoms with Gasteiger partial charge in [0.25, 0.3) is 0 Å². The Kier molecular flexibility index (Phi) is 0.635. The zero-order valence-corrected chi connectivity index (χ0v) is 4.47. The van der Waals surface area contributed by atoms with Gasteiger partial charge in [-0.25, -0.2) is 4.98 Å². The molecule has 0 aromatic carbocycles. The van der Waals surface area contributed by atoms with Gasteiger partial charge in [-0.15, -0.1) is 0 Å². The highest BCUT2D eigenvalue weighted by molar-refractivity contribution is 4.91. The normalized spacial score (nSPS) is 11.4. The lowest BCUT2D eigenvalue weighted by Crippen LogP contribution is -1.84. The van der Waals surface area contributed by atoms with Crippen molar-refractivity contribution in [2.75, 3.05) is 0 Å². The third-order valence-electron chi connectivity index (χ3n) is 0.988. The minimum absolute atomic E-state index is 0.322. The van der Waals surface area contributed by atoms with Gasteiger partial charge in [0, 0.05) is 18.9 Å². The second kappa shape index (κ2) is 1.37. The van der Waals surface area contributed by atoms with E-state index in [4.69, 9.17) is 1.37 Å². The van der Waals surface area contributed by atoms with Gasteiger partial charge in [-0.2, -0.15) is 0 Å². The number of imidazole rings is 1. The van der Waals surface area contributed by atoms with Gasteiger partial charge >= 0.3 is 0 Å². The highest BCUT2D eigenvalue weighted by Gasteiger charge is 1.83. The largest absolute Gasteiger partial charge is 0.338 e. The molecule has 1 aromatic rings. The summed E-state index contributed by atoms with van der Waals surface area (Å²) in [6.45, 7) is 1.92. The molecule has 0 aliphatic heterocycles. The van der Waals surface area contributed by atoms with Gasteiger partial charge in [0.1, 0.15) is 1.37 Å². The highest BCUT2D eigenvalue weighted by Crippen LogP contribution is 1.88. The first kappa shape index (κ1) is 3.24. The summed E-state index contributed by atoms with van der Waals surface area (Å²) in [4.78, 5) is 3.75. The van der Waals surface area contributed by atoms with Crippen LogP contribution in [0.3, 0.4) is 0 Å². The molecule has 0 amide bonds. The first-order valence-electron chi connectivity index (χ1n) is 2.66. The van der Waals surface area contributed by atoms with Gasteiger partial charge in [-0.1, -0.05) is 0 Å². The van der Waals surface area contributed by atoms with Crippen LogP contribution >= 0.6 is 0 Å². The lowest BCUT2D eigenvalue weighted by Gasteiger charge is -1.87. The number of hydrogen-bond donors (Lipinski definition) is 0. The fraction of sp³-hybridized carbons (Fsp3) is 0.400. The molecule has 2 nitrogen and oxygen atoms in total. The second-order valence-corrected chi connectivity index (χ2v) is 1.56. The van der Waals surface area contributed by atoms with Crippen LogP contribution in [0.1, 0.15) is 7.06 Å². The maximum atomic E-state index is 7.09. The summed E-state index contributed by atoms with van der Waals surface area (Å²) in [7, 11) is 1.82. The lowest BCUT2D eigenvalue weighted by atomic mass is 10.5. The average Bonchev–Trinajstić information content (AvgIpc) is 1.98. The molecule has 0 N–H and O–H groups in total. The summed E-state index contributed by atoms with van der Waals surface area (Å²) in [5.74, 6) is 0. The van der Waals surface area contributed by atoms with E-state index >= 15 is 0 Å². The molecule has 0 aliphatic carbocycles. The van der Waals surface area contributed by atoms with E-state index in [0.29, 0.717) is 6.30 Å². The van der Waals surface area contributed by atoms with Crippen LogP contribution in [0, 0.1) is 6.92 Å². The minimum atomic E-state index is 0.322. The molecule has 0 fully saturated rings. The van der Waals surface area contributed by atoms with Gasteiger partial charge in [0.15, 0.2) is 0 Å². The van der Waals surface area contributed by atoms with E-state index in [-0.39, 0.29) is 0 Å². The number of nitrogens with zero attached hydrogens (tertiary/aromatic N) is 2. The van der Waals surface area contributed by atoms with Gasteiger partial charge in [0.2, 0.25) is 0 Å². The number of aryl methyl sites for hydroxylation is 1. The van der Waals surface area contributed by atoms with Crippen molar-refractivity contribution in [2.45, 2.75) is 6.92 Å². The molecular weight excluding hydrogens is 88.1 g/mol. The maximum Gasteiger partial charge on any atom is 0.104 e. The van der Waals surface area contributed by atoms with Crippen molar-refractivity contribution < 1.29 is 1.37 Å². The third-order valence-corrected chi connectivity index (χ3v) is 0.988. The Morgan fingerprint density at radius 1 is 2.00 bits per heavy atom.